The summed E-state index contributed by atoms with van der Waals surface area (Å²) in [6, 6.07) is 7.81. The summed E-state index contributed by atoms with van der Waals surface area (Å²) < 4.78 is 91.3. The Morgan fingerprint density at radius 3 is 2.50 bits per heavy atom. The maximum Gasteiger partial charge on any atom is 0.427 e. The molecular formula is C24H23F4N5O6S. The molecule has 0 saturated heterocycles. The zero-order valence-corrected chi connectivity index (χ0v) is 21.8. The second kappa shape index (κ2) is 10.7. The highest BCUT2D eigenvalue weighted by Crippen LogP contribution is 2.39. The topological polar surface area (TPSA) is 143 Å². The molecule has 2 amide bonds. The molecule has 4 rings (SSSR count). The lowest BCUT2D eigenvalue weighted by Gasteiger charge is -2.36. The van der Waals surface area contributed by atoms with Gasteiger partial charge in [-0.25, -0.2) is 17.6 Å². The zero-order valence-electron chi connectivity index (χ0n) is 21.0. The number of carbonyl (C=O) groups excluding carboxylic acids is 2. The number of amides is 2. The number of aromatic amines is 1. The second-order valence-corrected chi connectivity index (χ2v) is 11.0. The Balaban J connectivity index is 1.62. The summed E-state index contributed by atoms with van der Waals surface area (Å²) in [4.78, 5) is 24.3. The number of hydrogen-bond donors (Lipinski definition) is 3. The van der Waals surface area contributed by atoms with Crippen molar-refractivity contribution in [3.8, 4) is 5.75 Å². The van der Waals surface area contributed by atoms with E-state index in [0.29, 0.717) is 13.8 Å². The molecule has 2 heterocycles. The zero-order chi connectivity index (χ0) is 29.3. The van der Waals surface area contributed by atoms with E-state index in [1.807, 2.05) is 0 Å². The van der Waals surface area contributed by atoms with Crippen LogP contribution in [0.25, 0.3) is 0 Å². The number of nitrogens with zero attached hydrogens (tertiary/aromatic N) is 2. The molecule has 1 aliphatic rings. The van der Waals surface area contributed by atoms with E-state index in [4.69, 9.17) is 4.74 Å². The summed E-state index contributed by atoms with van der Waals surface area (Å²) in [6.45, 7) is 0.927. The van der Waals surface area contributed by atoms with Crippen LogP contribution in [0.4, 0.5) is 33.7 Å². The third-order valence-corrected chi connectivity index (χ3v) is 7.61. The maximum absolute atomic E-state index is 13.6. The fourth-order valence-corrected chi connectivity index (χ4v) is 5.07. The van der Waals surface area contributed by atoms with E-state index in [-0.39, 0.29) is 40.7 Å². The Labute approximate surface area is 225 Å². The van der Waals surface area contributed by atoms with Gasteiger partial charge in [-0.05, 0) is 56.3 Å². The van der Waals surface area contributed by atoms with Gasteiger partial charge in [0, 0.05) is 11.9 Å². The van der Waals surface area contributed by atoms with Gasteiger partial charge in [-0.15, -0.1) is 0 Å². The molecule has 1 atom stereocenters. The van der Waals surface area contributed by atoms with Gasteiger partial charge in [0.2, 0.25) is 5.60 Å². The molecule has 0 bridgehead atoms. The molecule has 0 aliphatic carbocycles. The van der Waals surface area contributed by atoms with Gasteiger partial charge in [-0.1, -0.05) is 0 Å². The van der Waals surface area contributed by atoms with Gasteiger partial charge in [0.1, 0.15) is 17.7 Å². The molecule has 0 saturated carbocycles. The van der Waals surface area contributed by atoms with Crippen LogP contribution < -0.4 is 19.7 Å². The molecule has 1 aliphatic heterocycles. The fourth-order valence-electron chi connectivity index (χ4n) is 3.57. The van der Waals surface area contributed by atoms with Gasteiger partial charge in [0.15, 0.2) is 0 Å². The first kappa shape index (κ1) is 28.7. The normalized spacial score (nSPS) is 15.6. The van der Waals surface area contributed by atoms with E-state index in [1.54, 1.807) is 0 Å². The number of carbonyl (C=O) groups is 2. The molecule has 16 heteroatoms. The number of nitrogens with one attached hydrogen (secondary N) is 3. The molecule has 0 radical (unpaired) electrons. The van der Waals surface area contributed by atoms with Gasteiger partial charge in [0.05, 0.1) is 35.4 Å². The third-order valence-electron chi connectivity index (χ3n) is 5.82. The SMILES string of the molecule is CC(C)(OC(=O)Nc1ccc2c(c1)N(S(=O)(=O)c1ccc(F)cc1)CC(CNC(=O)c1cn[nH]c1)O2)C(F)(F)F. The number of halogens is 4. The largest absolute Gasteiger partial charge is 0.484 e. The van der Waals surface area contributed by atoms with Crippen LogP contribution in [-0.4, -0.2) is 61.6 Å². The summed E-state index contributed by atoms with van der Waals surface area (Å²) in [5.74, 6) is -1.11. The van der Waals surface area contributed by atoms with Crippen LogP contribution in [0.2, 0.25) is 0 Å². The maximum atomic E-state index is 13.6. The number of rotatable bonds is 7. The van der Waals surface area contributed by atoms with E-state index < -0.39 is 45.7 Å². The highest BCUT2D eigenvalue weighted by molar-refractivity contribution is 7.92. The molecule has 3 aromatic rings. The minimum absolute atomic E-state index is 0.0361. The van der Waals surface area contributed by atoms with Crippen molar-refractivity contribution in [1.29, 1.82) is 0 Å². The Bertz CT molecular complexity index is 1490. The Kier molecular flexibility index (Phi) is 7.65. The lowest BCUT2D eigenvalue weighted by Crippen LogP contribution is -2.48. The quantitative estimate of drug-likeness (QED) is 0.358. The number of fused-ring (bicyclic) bond motifs is 1. The molecule has 0 fully saturated rings. The molecule has 1 aromatic heterocycles. The summed E-state index contributed by atoms with van der Waals surface area (Å²) in [7, 11) is -4.33. The van der Waals surface area contributed by atoms with Crippen LogP contribution in [0.15, 0.2) is 59.8 Å². The summed E-state index contributed by atoms with van der Waals surface area (Å²) in [5.41, 5.74) is -2.70. The van der Waals surface area contributed by atoms with Crippen molar-refractivity contribution in [2.24, 2.45) is 0 Å². The van der Waals surface area contributed by atoms with E-state index in [1.165, 1.54) is 30.6 Å². The summed E-state index contributed by atoms with van der Waals surface area (Å²) in [6.07, 6.45) is -4.47. The van der Waals surface area contributed by atoms with Crippen molar-refractivity contribution in [3.05, 3.63) is 66.2 Å². The number of anilines is 2. The van der Waals surface area contributed by atoms with Crippen molar-refractivity contribution in [1.82, 2.24) is 15.5 Å². The second-order valence-electron chi connectivity index (χ2n) is 9.13. The van der Waals surface area contributed by atoms with Crippen molar-refractivity contribution < 1.29 is 45.0 Å². The van der Waals surface area contributed by atoms with Gasteiger partial charge >= 0.3 is 12.3 Å². The first-order chi connectivity index (χ1) is 18.7. The van der Waals surface area contributed by atoms with Crippen LogP contribution in [0.5, 0.6) is 5.75 Å². The van der Waals surface area contributed by atoms with Crippen molar-refractivity contribution in [2.45, 2.75) is 36.6 Å². The predicted octanol–water partition coefficient (Wildman–Crippen LogP) is 3.82. The number of benzene rings is 2. The fraction of sp³-hybridized carbons (Fsp3) is 0.292. The Morgan fingerprint density at radius 2 is 1.88 bits per heavy atom. The van der Waals surface area contributed by atoms with Gasteiger partial charge in [-0.3, -0.25) is 19.5 Å². The summed E-state index contributed by atoms with van der Waals surface area (Å²) >= 11 is 0. The number of H-pyrrole nitrogens is 1. The molecule has 2 aromatic carbocycles. The van der Waals surface area contributed by atoms with E-state index >= 15 is 0 Å². The smallest absolute Gasteiger partial charge is 0.427 e. The average molecular weight is 586 g/mol. The lowest BCUT2D eigenvalue weighted by molar-refractivity contribution is -0.242. The van der Waals surface area contributed by atoms with Crippen LogP contribution in [0.1, 0.15) is 24.2 Å². The molecular weight excluding hydrogens is 562 g/mol. The monoisotopic (exact) mass is 585 g/mol. The molecule has 3 N–H and O–H groups in total. The molecule has 1 unspecified atom stereocenters. The average Bonchev–Trinajstić information content (AvgIpc) is 3.41. The van der Waals surface area contributed by atoms with Crippen molar-refractivity contribution in [2.75, 3.05) is 22.7 Å². The van der Waals surface area contributed by atoms with Crippen molar-refractivity contribution >= 4 is 33.4 Å². The van der Waals surface area contributed by atoms with Gasteiger partial charge < -0.3 is 14.8 Å². The Morgan fingerprint density at radius 1 is 1.18 bits per heavy atom. The van der Waals surface area contributed by atoms with Crippen LogP contribution in [0.3, 0.4) is 0 Å². The van der Waals surface area contributed by atoms with Crippen LogP contribution >= 0.6 is 0 Å². The van der Waals surface area contributed by atoms with Gasteiger partial charge in [0.25, 0.3) is 15.9 Å². The predicted molar refractivity (Wildman–Crippen MR) is 133 cm³/mol. The number of aromatic nitrogens is 2. The molecule has 40 heavy (non-hydrogen) atoms. The molecule has 0 spiro atoms. The van der Waals surface area contributed by atoms with E-state index in [9.17, 15) is 35.6 Å². The third kappa shape index (κ3) is 6.11. The standard InChI is InChI=1S/C24H23F4N5O6S/c1-23(2,24(26,27)28)39-22(35)32-16-5-8-20-19(9-16)33(40(36,37)18-6-3-15(25)4-7-18)13-17(38-20)12-29-21(34)14-10-30-31-11-14/h3-11,17H,12-13H2,1-2H3,(H,29,34)(H,30,31)(H,32,35). The van der Waals surface area contributed by atoms with E-state index in [2.05, 4.69) is 25.6 Å². The van der Waals surface area contributed by atoms with Gasteiger partial charge in [-0.2, -0.15) is 18.3 Å². The first-order valence-electron chi connectivity index (χ1n) is 11.6. The number of alkyl halides is 3. The minimum Gasteiger partial charge on any atom is -0.484 e. The summed E-state index contributed by atoms with van der Waals surface area (Å²) in [5, 5.41) is 11.0. The van der Waals surface area contributed by atoms with E-state index in [0.717, 1.165) is 28.6 Å². The van der Waals surface area contributed by atoms with Crippen LogP contribution in [0, 0.1) is 5.82 Å². The minimum atomic E-state index is -4.84. The molecule has 214 valence electrons. The highest BCUT2D eigenvalue weighted by Gasteiger charge is 2.51. The first-order valence-corrected chi connectivity index (χ1v) is 13.0. The highest BCUT2D eigenvalue weighted by atomic mass is 32.2. The molecule has 11 nitrogen and oxygen atoms in total. The Hall–Kier alpha value is -4.34. The van der Waals surface area contributed by atoms with Crippen molar-refractivity contribution in [3.63, 3.8) is 0 Å². The number of hydrogen-bond acceptors (Lipinski definition) is 7. The number of ether oxygens (including phenoxy) is 2. The van der Waals surface area contributed by atoms with Crippen LogP contribution in [-0.2, 0) is 14.8 Å². The lowest BCUT2D eigenvalue weighted by atomic mass is 10.1. The number of sulfonamides is 1.